The normalized spacial score (nSPS) is 17.3. The van der Waals surface area contributed by atoms with Crippen molar-refractivity contribution in [1.82, 2.24) is 15.0 Å². The van der Waals surface area contributed by atoms with Crippen LogP contribution < -0.4 is 5.56 Å². The summed E-state index contributed by atoms with van der Waals surface area (Å²) in [6.07, 6.45) is 2.88. The molecular formula is C20H20ClN3O3S. The lowest BCUT2D eigenvalue weighted by atomic mass is 9.89. The Labute approximate surface area is 171 Å². The number of nitrogens with zero attached hydrogens (tertiary/aromatic N) is 3. The molecule has 0 aliphatic heterocycles. The molecule has 0 fully saturated rings. The van der Waals surface area contributed by atoms with Crippen molar-refractivity contribution in [2.45, 2.75) is 45.8 Å². The van der Waals surface area contributed by atoms with E-state index in [0.717, 1.165) is 29.5 Å². The highest BCUT2D eigenvalue weighted by molar-refractivity contribution is 7.18. The molecule has 0 bridgehead atoms. The zero-order chi connectivity index (χ0) is 19.8. The van der Waals surface area contributed by atoms with E-state index in [0.29, 0.717) is 26.7 Å². The van der Waals surface area contributed by atoms with Crippen LogP contribution in [0.1, 0.15) is 42.3 Å². The van der Waals surface area contributed by atoms with Crippen molar-refractivity contribution in [2.75, 3.05) is 0 Å². The lowest BCUT2D eigenvalue weighted by Gasteiger charge is -2.17. The molecule has 2 aromatic heterocycles. The van der Waals surface area contributed by atoms with Crippen LogP contribution in [0.25, 0.3) is 10.2 Å². The third-order valence-corrected chi connectivity index (χ3v) is 6.69. The Bertz CT molecular complexity index is 1110. The maximum atomic E-state index is 13.1. The molecule has 2 heterocycles. The summed E-state index contributed by atoms with van der Waals surface area (Å²) in [5.41, 5.74) is 1.50. The molecule has 6 nitrogen and oxygen atoms in total. The Morgan fingerprint density at radius 2 is 2.21 bits per heavy atom. The molecule has 3 aromatic rings. The van der Waals surface area contributed by atoms with Gasteiger partial charge in [0.2, 0.25) is 0 Å². The van der Waals surface area contributed by atoms with Gasteiger partial charge in [0.25, 0.3) is 5.56 Å². The van der Waals surface area contributed by atoms with Crippen molar-refractivity contribution >= 4 is 39.1 Å². The molecule has 4 rings (SSSR count). The number of fused-ring (bicyclic) bond motifs is 3. The van der Waals surface area contributed by atoms with Crippen LogP contribution in [0.4, 0.5) is 0 Å². The van der Waals surface area contributed by atoms with E-state index in [1.807, 2.05) is 12.1 Å². The molecule has 0 unspecified atom stereocenters. The Balaban J connectivity index is 1.60. The quantitative estimate of drug-likeness (QED) is 0.601. The lowest BCUT2D eigenvalue weighted by molar-refractivity contribution is -0.148. The number of carbonyl (C=O) groups is 1. The highest BCUT2D eigenvalue weighted by atomic mass is 35.5. The molecule has 0 saturated carbocycles. The predicted molar refractivity (Wildman–Crippen MR) is 109 cm³/mol. The Morgan fingerprint density at radius 1 is 1.43 bits per heavy atom. The lowest BCUT2D eigenvalue weighted by Crippen LogP contribution is -2.32. The monoisotopic (exact) mass is 417 g/mol. The maximum absolute atomic E-state index is 13.1. The van der Waals surface area contributed by atoms with Gasteiger partial charge in [0.05, 0.1) is 5.39 Å². The molecule has 146 valence electrons. The van der Waals surface area contributed by atoms with Crippen molar-refractivity contribution < 1.29 is 9.53 Å². The predicted octanol–water partition coefficient (Wildman–Crippen LogP) is 3.94. The summed E-state index contributed by atoms with van der Waals surface area (Å²) >= 11 is 7.63. The minimum atomic E-state index is -0.870. The van der Waals surface area contributed by atoms with E-state index in [-0.39, 0.29) is 12.2 Å². The van der Waals surface area contributed by atoms with Gasteiger partial charge in [-0.05, 0) is 43.7 Å². The molecule has 1 aromatic carbocycles. The first-order valence-corrected chi connectivity index (χ1v) is 10.4. The Kier molecular flexibility index (Phi) is 5.21. The number of hydrogen-bond acceptors (Lipinski definition) is 6. The molecular weight excluding hydrogens is 398 g/mol. The fourth-order valence-electron chi connectivity index (χ4n) is 3.51. The van der Waals surface area contributed by atoms with Crippen molar-refractivity contribution in [2.24, 2.45) is 5.92 Å². The van der Waals surface area contributed by atoms with Gasteiger partial charge in [-0.15, -0.1) is 16.4 Å². The molecule has 1 aliphatic rings. The third-order valence-electron chi connectivity index (χ3n) is 5.18. The van der Waals surface area contributed by atoms with Gasteiger partial charge < -0.3 is 4.74 Å². The highest BCUT2D eigenvalue weighted by Gasteiger charge is 2.26. The van der Waals surface area contributed by atoms with Crippen LogP contribution in [0.15, 0.2) is 29.1 Å². The summed E-state index contributed by atoms with van der Waals surface area (Å²) in [5.74, 6) is 0.0582. The molecule has 2 atom stereocenters. The summed E-state index contributed by atoms with van der Waals surface area (Å²) in [5, 5.41) is 9.34. The van der Waals surface area contributed by atoms with Crippen molar-refractivity contribution in [1.29, 1.82) is 0 Å². The first-order chi connectivity index (χ1) is 13.5. The molecule has 0 spiro atoms. The van der Waals surface area contributed by atoms with Gasteiger partial charge >= 0.3 is 5.97 Å². The second-order valence-corrected chi connectivity index (χ2v) is 8.74. The number of halogens is 1. The van der Waals surface area contributed by atoms with E-state index < -0.39 is 12.0 Å². The standard InChI is InChI=1S/C20H20ClN3O3S/c1-11-7-8-14-16(9-11)28-18-17(14)19(25)24(23-22-18)12(2)20(26)27-10-13-5-3-4-6-15(13)21/h3-6,11-12H,7-10H2,1-2H3/t11-,12+/m0/s1. The minimum absolute atomic E-state index is 0.0407. The molecule has 8 heteroatoms. The zero-order valence-corrected chi connectivity index (χ0v) is 17.2. The summed E-state index contributed by atoms with van der Waals surface area (Å²) < 4.78 is 6.48. The van der Waals surface area contributed by atoms with Gasteiger partial charge in [0.1, 0.15) is 6.61 Å². The molecule has 1 aliphatic carbocycles. The largest absolute Gasteiger partial charge is 0.459 e. The number of rotatable bonds is 4. The second-order valence-electron chi connectivity index (χ2n) is 7.25. The molecule has 0 N–H and O–H groups in total. The van der Waals surface area contributed by atoms with Crippen LogP contribution in [-0.4, -0.2) is 21.0 Å². The summed E-state index contributed by atoms with van der Waals surface area (Å²) in [4.78, 5) is 27.4. The summed E-state index contributed by atoms with van der Waals surface area (Å²) in [6, 6.07) is 6.28. The fraction of sp³-hybridized carbons (Fsp3) is 0.400. The van der Waals surface area contributed by atoms with Crippen LogP contribution >= 0.6 is 22.9 Å². The zero-order valence-electron chi connectivity index (χ0n) is 15.6. The van der Waals surface area contributed by atoms with Gasteiger partial charge in [-0.2, -0.15) is 4.68 Å². The topological polar surface area (TPSA) is 74.1 Å². The molecule has 28 heavy (non-hydrogen) atoms. The number of aromatic nitrogens is 3. The van der Waals surface area contributed by atoms with E-state index >= 15 is 0 Å². The first-order valence-electron chi connectivity index (χ1n) is 9.25. The van der Waals surface area contributed by atoms with Crippen LogP contribution in [0.5, 0.6) is 0 Å². The number of aryl methyl sites for hydroxylation is 1. The van der Waals surface area contributed by atoms with E-state index in [9.17, 15) is 9.59 Å². The third kappa shape index (κ3) is 3.44. The van der Waals surface area contributed by atoms with Crippen LogP contribution in [0.2, 0.25) is 5.02 Å². The van der Waals surface area contributed by atoms with E-state index in [1.54, 1.807) is 19.1 Å². The van der Waals surface area contributed by atoms with Crippen LogP contribution in [0, 0.1) is 5.92 Å². The van der Waals surface area contributed by atoms with E-state index in [1.165, 1.54) is 16.2 Å². The maximum Gasteiger partial charge on any atom is 0.331 e. The summed E-state index contributed by atoms with van der Waals surface area (Å²) in [6.45, 7) is 3.85. The SMILES string of the molecule is C[C@H]1CCc2c(sc3nnn([C@H](C)C(=O)OCc4ccccc4Cl)c(=O)c23)C1. The van der Waals surface area contributed by atoms with Crippen molar-refractivity contribution in [3.63, 3.8) is 0 Å². The first kappa shape index (κ1) is 19.1. The van der Waals surface area contributed by atoms with Crippen molar-refractivity contribution in [3.8, 4) is 0 Å². The number of benzene rings is 1. The van der Waals surface area contributed by atoms with E-state index in [2.05, 4.69) is 17.2 Å². The Morgan fingerprint density at radius 3 is 3.00 bits per heavy atom. The van der Waals surface area contributed by atoms with E-state index in [4.69, 9.17) is 16.3 Å². The molecule has 0 radical (unpaired) electrons. The average Bonchev–Trinajstić information content (AvgIpc) is 3.05. The van der Waals surface area contributed by atoms with Gasteiger partial charge in [-0.25, -0.2) is 4.79 Å². The number of carbonyl (C=O) groups excluding carboxylic acids is 1. The fourth-order valence-corrected chi connectivity index (χ4v) is 5.02. The number of esters is 1. The summed E-state index contributed by atoms with van der Waals surface area (Å²) in [7, 11) is 0. The number of hydrogen-bond donors (Lipinski definition) is 0. The van der Waals surface area contributed by atoms with Crippen LogP contribution in [-0.2, 0) is 29.0 Å². The second kappa shape index (κ2) is 7.64. The number of ether oxygens (including phenoxy) is 1. The van der Waals surface area contributed by atoms with Crippen molar-refractivity contribution in [3.05, 3.63) is 55.6 Å². The van der Waals surface area contributed by atoms with Gasteiger partial charge in [-0.1, -0.05) is 41.9 Å². The van der Waals surface area contributed by atoms with Gasteiger partial charge in [0, 0.05) is 15.5 Å². The average molecular weight is 418 g/mol. The molecule has 0 amide bonds. The Hall–Kier alpha value is -2.25. The minimum Gasteiger partial charge on any atom is -0.459 e. The van der Waals surface area contributed by atoms with Gasteiger partial charge in [0.15, 0.2) is 10.9 Å². The van der Waals surface area contributed by atoms with Crippen LogP contribution in [0.3, 0.4) is 0 Å². The van der Waals surface area contributed by atoms with Gasteiger partial charge in [-0.3, -0.25) is 4.79 Å². The smallest absolute Gasteiger partial charge is 0.331 e. The number of thiophene rings is 1. The molecule has 0 saturated heterocycles. The highest BCUT2D eigenvalue weighted by Crippen LogP contribution is 2.35.